The smallest absolute Gasteiger partial charge is 0.299 e. The molecule has 0 aromatic heterocycles. The second-order valence-corrected chi connectivity index (χ2v) is 4.38. The molecule has 0 saturated carbocycles. The maximum Gasteiger partial charge on any atom is 0.299 e. The highest BCUT2D eigenvalue weighted by Gasteiger charge is 2.18. The molecule has 0 bridgehead atoms. The van der Waals surface area contributed by atoms with Crippen molar-refractivity contribution >= 4 is 17.1 Å². The summed E-state index contributed by atoms with van der Waals surface area (Å²) < 4.78 is 0. The first kappa shape index (κ1) is 14.4. The van der Waals surface area contributed by atoms with Gasteiger partial charge < -0.3 is 5.32 Å². The lowest BCUT2D eigenvalue weighted by molar-refractivity contribution is -0.393. The molecule has 0 heterocycles. The van der Waals surface area contributed by atoms with Crippen LogP contribution in [0.25, 0.3) is 0 Å². The Morgan fingerprint density at radius 1 is 0.952 bits per heavy atom. The standard InChI is InChI=1S/C14H13N3O4/c18-16(19)12-6-7-13(14(10-12)17(20)21)15-9-8-11-4-2-1-3-5-11/h1-7,10,15H,8-9H2. The third kappa shape index (κ3) is 3.75. The highest BCUT2D eigenvalue weighted by molar-refractivity contribution is 5.65. The van der Waals surface area contributed by atoms with Gasteiger partial charge in [-0.15, -0.1) is 0 Å². The Morgan fingerprint density at radius 2 is 1.67 bits per heavy atom. The van der Waals surface area contributed by atoms with E-state index in [0.717, 1.165) is 11.6 Å². The molecule has 0 fully saturated rings. The summed E-state index contributed by atoms with van der Waals surface area (Å²) in [6.45, 7) is 0.503. The number of non-ortho nitro benzene ring substituents is 1. The highest BCUT2D eigenvalue weighted by Crippen LogP contribution is 2.28. The van der Waals surface area contributed by atoms with Crippen molar-refractivity contribution in [2.75, 3.05) is 11.9 Å². The Labute approximate surface area is 120 Å². The molecule has 2 rings (SSSR count). The molecule has 2 aromatic carbocycles. The minimum Gasteiger partial charge on any atom is -0.379 e. The van der Waals surface area contributed by atoms with E-state index in [4.69, 9.17) is 0 Å². The van der Waals surface area contributed by atoms with Crippen molar-refractivity contribution in [3.8, 4) is 0 Å². The number of benzene rings is 2. The van der Waals surface area contributed by atoms with Gasteiger partial charge in [0.15, 0.2) is 0 Å². The molecule has 0 saturated heterocycles. The predicted octanol–water partition coefficient (Wildman–Crippen LogP) is 3.16. The molecule has 0 aliphatic carbocycles. The van der Waals surface area contributed by atoms with E-state index in [1.807, 2.05) is 30.3 Å². The molecule has 7 heteroatoms. The fraction of sp³-hybridized carbons (Fsp3) is 0.143. The normalized spacial score (nSPS) is 10.1. The summed E-state index contributed by atoms with van der Waals surface area (Å²) in [5, 5.41) is 24.6. The molecule has 21 heavy (non-hydrogen) atoms. The van der Waals surface area contributed by atoms with Gasteiger partial charge in [0.05, 0.1) is 15.9 Å². The third-order valence-corrected chi connectivity index (χ3v) is 2.96. The van der Waals surface area contributed by atoms with Gasteiger partial charge >= 0.3 is 0 Å². The fourth-order valence-corrected chi connectivity index (χ4v) is 1.92. The van der Waals surface area contributed by atoms with Crippen LogP contribution in [0.3, 0.4) is 0 Å². The maximum atomic E-state index is 11.0. The number of nitrogens with one attached hydrogen (secondary N) is 1. The minimum atomic E-state index is -0.652. The van der Waals surface area contributed by atoms with Crippen molar-refractivity contribution in [3.05, 3.63) is 74.3 Å². The van der Waals surface area contributed by atoms with E-state index in [0.29, 0.717) is 13.0 Å². The largest absolute Gasteiger partial charge is 0.379 e. The van der Waals surface area contributed by atoms with Crippen LogP contribution < -0.4 is 5.32 Å². The van der Waals surface area contributed by atoms with Crippen molar-refractivity contribution < 1.29 is 9.85 Å². The third-order valence-electron chi connectivity index (χ3n) is 2.96. The average Bonchev–Trinajstić information content (AvgIpc) is 2.48. The van der Waals surface area contributed by atoms with Crippen LogP contribution in [-0.2, 0) is 6.42 Å². The van der Waals surface area contributed by atoms with Crippen LogP contribution in [0.15, 0.2) is 48.5 Å². The number of hydrogen-bond donors (Lipinski definition) is 1. The molecule has 0 spiro atoms. The summed E-state index contributed by atoms with van der Waals surface area (Å²) in [6, 6.07) is 13.3. The first-order chi connectivity index (χ1) is 10.1. The fourth-order valence-electron chi connectivity index (χ4n) is 1.92. The van der Waals surface area contributed by atoms with Crippen LogP contribution in [0.2, 0.25) is 0 Å². The SMILES string of the molecule is O=[N+]([O-])c1ccc(NCCc2ccccc2)c([N+](=O)[O-])c1. The molecular formula is C14H13N3O4. The van der Waals surface area contributed by atoms with Crippen LogP contribution in [-0.4, -0.2) is 16.4 Å². The summed E-state index contributed by atoms with van der Waals surface area (Å²) in [7, 11) is 0. The zero-order valence-electron chi connectivity index (χ0n) is 11.1. The Hall–Kier alpha value is -2.96. The van der Waals surface area contributed by atoms with Gasteiger partial charge in [0.25, 0.3) is 11.4 Å². The van der Waals surface area contributed by atoms with Gasteiger partial charge in [0, 0.05) is 12.6 Å². The summed E-state index contributed by atoms with van der Waals surface area (Å²) in [4.78, 5) is 20.3. The van der Waals surface area contributed by atoms with Crippen LogP contribution in [0.1, 0.15) is 5.56 Å². The Bertz CT molecular complexity index is 659. The van der Waals surface area contributed by atoms with Crippen molar-refractivity contribution in [3.63, 3.8) is 0 Å². The molecule has 0 aliphatic heterocycles. The lowest BCUT2D eigenvalue weighted by Gasteiger charge is -2.07. The second-order valence-electron chi connectivity index (χ2n) is 4.38. The molecular weight excluding hydrogens is 274 g/mol. The van der Waals surface area contributed by atoms with Gasteiger partial charge in [-0.2, -0.15) is 0 Å². The minimum absolute atomic E-state index is 0.279. The van der Waals surface area contributed by atoms with E-state index in [1.165, 1.54) is 12.1 Å². The van der Waals surface area contributed by atoms with Gasteiger partial charge in [-0.25, -0.2) is 0 Å². The zero-order valence-corrected chi connectivity index (χ0v) is 11.1. The van der Waals surface area contributed by atoms with E-state index in [9.17, 15) is 20.2 Å². The predicted molar refractivity (Wildman–Crippen MR) is 78.4 cm³/mol. The molecule has 0 amide bonds. The van der Waals surface area contributed by atoms with Gasteiger partial charge in [0.1, 0.15) is 5.69 Å². The topological polar surface area (TPSA) is 98.3 Å². The summed E-state index contributed by atoms with van der Waals surface area (Å²) in [5.41, 5.74) is 0.795. The van der Waals surface area contributed by atoms with Gasteiger partial charge in [-0.1, -0.05) is 30.3 Å². The quantitative estimate of drug-likeness (QED) is 0.650. The van der Waals surface area contributed by atoms with Crippen LogP contribution >= 0.6 is 0 Å². The van der Waals surface area contributed by atoms with Gasteiger partial charge in [-0.05, 0) is 18.1 Å². The van der Waals surface area contributed by atoms with E-state index in [2.05, 4.69) is 5.32 Å². The van der Waals surface area contributed by atoms with Crippen molar-refractivity contribution in [1.29, 1.82) is 0 Å². The summed E-state index contributed by atoms with van der Waals surface area (Å²) >= 11 is 0. The zero-order chi connectivity index (χ0) is 15.2. The van der Waals surface area contributed by atoms with Crippen molar-refractivity contribution in [2.45, 2.75) is 6.42 Å². The number of hydrogen-bond acceptors (Lipinski definition) is 5. The Balaban J connectivity index is 2.09. The maximum absolute atomic E-state index is 11.0. The van der Waals surface area contributed by atoms with E-state index >= 15 is 0 Å². The number of nitro benzene ring substituents is 2. The molecule has 2 aromatic rings. The lowest BCUT2D eigenvalue weighted by atomic mass is 10.1. The van der Waals surface area contributed by atoms with Crippen LogP contribution in [0.5, 0.6) is 0 Å². The number of nitrogens with zero attached hydrogens (tertiary/aromatic N) is 2. The van der Waals surface area contributed by atoms with E-state index in [-0.39, 0.29) is 17.1 Å². The molecule has 1 N–H and O–H groups in total. The van der Waals surface area contributed by atoms with Crippen LogP contribution in [0.4, 0.5) is 17.1 Å². The number of nitro groups is 2. The van der Waals surface area contributed by atoms with Crippen molar-refractivity contribution in [2.24, 2.45) is 0 Å². The van der Waals surface area contributed by atoms with Gasteiger partial charge in [0.2, 0.25) is 0 Å². The Morgan fingerprint density at radius 3 is 2.29 bits per heavy atom. The molecule has 7 nitrogen and oxygen atoms in total. The molecule has 108 valence electrons. The number of rotatable bonds is 6. The summed E-state index contributed by atoms with van der Waals surface area (Å²) in [5.74, 6) is 0. The molecule has 0 atom stereocenters. The monoisotopic (exact) mass is 287 g/mol. The molecule has 0 aliphatic rings. The second kappa shape index (κ2) is 6.47. The van der Waals surface area contributed by atoms with Gasteiger partial charge in [-0.3, -0.25) is 20.2 Å². The first-order valence-corrected chi connectivity index (χ1v) is 6.28. The molecule has 0 unspecified atom stereocenters. The first-order valence-electron chi connectivity index (χ1n) is 6.28. The Kier molecular flexibility index (Phi) is 4.45. The molecule has 0 radical (unpaired) electrons. The average molecular weight is 287 g/mol. The van der Waals surface area contributed by atoms with E-state index < -0.39 is 9.85 Å². The number of anilines is 1. The highest BCUT2D eigenvalue weighted by atomic mass is 16.6. The van der Waals surface area contributed by atoms with E-state index in [1.54, 1.807) is 0 Å². The van der Waals surface area contributed by atoms with Crippen molar-refractivity contribution in [1.82, 2.24) is 0 Å². The lowest BCUT2D eigenvalue weighted by Crippen LogP contribution is -2.07. The summed E-state index contributed by atoms with van der Waals surface area (Å²) in [6.07, 6.45) is 0.703. The van der Waals surface area contributed by atoms with Crippen LogP contribution in [0, 0.1) is 20.2 Å².